The van der Waals surface area contributed by atoms with Gasteiger partial charge in [-0.05, 0) is 53.0 Å². The van der Waals surface area contributed by atoms with Gasteiger partial charge < -0.3 is 9.72 Å². The van der Waals surface area contributed by atoms with E-state index in [9.17, 15) is 4.39 Å². The molecule has 0 radical (unpaired) electrons. The first-order valence-corrected chi connectivity index (χ1v) is 7.81. The minimum atomic E-state index is -0.285. The lowest BCUT2D eigenvalue weighted by atomic mass is 10.2. The number of hydrogen-bond acceptors (Lipinski definition) is 2. The molecule has 1 aromatic heterocycles. The average Bonchev–Trinajstić information content (AvgIpc) is 2.75. The van der Waals surface area contributed by atoms with Gasteiger partial charge in [0, 0.05) is 12.1 Å². The molecule has 0 spiro atoms. The Morgan fingerprint density at radius 1 is 1.33 bits per heavy atom. The molecule has 3 aromatic rings. The van der Waals surface area contributed by atoms with Crippen LogP contribution in [0.1, 0.15) is 0 Å². The zero-order valence-electron chi connectivity index (χ0n) is 10.8. The van der Waals surface area contributed by atoms with E-state index in [-0.39, 0.29) is 5.82 Å². The number of methoxy groups -OCH3 is 1. The number of nitrogens with zero attached hydrogens (tertiary/aromatic N) is 1. The molecule has 0 saturated heterocycles. The van der Waals surface area contributed by atoms with Crippen molar-refractivity contribution in [3.63, 3.8) is 0 Å². The van der Waals surface area contributed by atoms with Gasteiger partial charge in [0.2, 0.25) is 0 Å². The van der Waals surface area contributed by atoms with E-state index in [4.69, 9.17) is 28.6 Å². The summed E-state index contributed by atoms with van der Waals surface area (Å²) < 4.78 is 21.8. The Morgan fingerprint density at radius 3 is 2.81 bits per heavy atom. The van der Waals surface area contributed by atoms with Crippen LogP contribution >= 0.6 is 46.4 Å². The van der Waals surface area contributed by atoms with Crippen LogP contribution in [0.25, 0.3) is 16.7 Å². The number of H-pyrrole nitrogens is 1. The third kappa shape index (κ3) is 2.56. The van der Waals surface area contributed by atoms with Crippen LogP contribution in [0.15, 0.2) is 30.3 Å². The Hall–Kier alpha value is -1.12. The van der Waals surface area contributed by atoms with Crippen LogP contribution in [0.4, 0.5) is 4.39 Å². The van der Waals surface area contributed by atoms with Gasteiger partial charge in [0.05, 0.1) is 32.4 Å². The van der Waals surface area contributed by atoms with E-state index in [0.717, 1.165) is 11.2 Å². The molecule has 108 valence electrons. The summed E-state index contributed by atoms with van der Waals surface area (Å²) in [6.45, 7) is 0. The molecule has 21 heavy (non-hydrogen) atoms. The molecule has 0 atom stereocenters. The van der Waals surface area contributed by atoms with Crippen LogP contribution < -0.4 is 4.74 Å². The predicted molar refractivity (Wildman–Crippen MR) is 92.7 cm³/mol. The van der Waals surface area contributed by atoms with E-state index in [2.05, 4.69) is 4.98 Å². The second kappa shape index (κ2) is 5.58. The number of benzene rings is 2. The van der Waals surface area contributed by atoms with Crippen molar-refractivity contribution in [2.45, 2.75) is 0 Å². The first kappa shape index (κ1) is 14.8. The zero-order valence-corrected chi connectivity index (χ0v) is 14.5. The van der Waals surface area contributed by atoms with E-state index in [0.29, 0.717) is 24.6 Å². The number of ether oxygens (including phenoxy) is 1. The number of fused-ring (bicyclic) bond motifs is 1. The van der Waals surface area contributed by atoms with E-state index < -0.39 is 0 Å². The molecule has 2 aromatic carbocycles. The van der Waals surface area contributed by atoms with Gasteiger partial charge in [0.25, 0.3) is 0 Å². The van der Waals surface area contributed by atoms with Crippen molar-refractivity contribution in [2.75, 3.05) is 7.11 Å². The molecule has 0 amide bonds. The maximum Gasteiger partial charge on any atom is 0.182 e. The maximum absolute atomic E-state index is 13.8. The van der Waals surface area contributed by atoms with Gasteiger partial charge in [0.1, 0.15) is 11.6 Å². The summed E-state index contributed by atoms with van der Waals surface area (Å²) in [4.78, 5) is 3.08. The number of rotatable bonds is 2. The molecule has 3 nitrogen and oxygen atoms in total. The van der Waals surface area contributed by atoms with Crippen LogP contribution in [0, 0.1) is 14.2 Å². The molecule has 1 heterocycles. The summed E-state index contributed by atoms with van der Waals surface area (Å²) >= 11 is 13.3. The summed E-state index contributed by atoms with van der Waals surface area (Å²) in [7, 11) is 1.54. The number of aromatic nitrogens is 2. The van der Waals surface area contributed by atoms with Crippen molar-refractivity contribution in [1.82, 2.24) is 9.55 Å². The van der Waals surface area contributed by atoms with Crippen LogP contribution in [-0.4, -0.2) is 16.7 Å². The summed E-state index contributed by atoms with van der Waals surface area (Å²) in [6.07, 6.45) is 0. The van der Waals surface area contributed by atoms with Crippen molar-refractivity contribution < 1.29 is 9.13 Å². The molecular formula is C14H9ClFIN2OS. The third-order valence-electron chi connectivity index (χ3n) is 3.12. The van der Waals surface area contributed by atoms with Gasteiger partial charge >= 0.3 is 0 Å². The molecule has 7 heteroatoms. The minimum Gasteiger partial charge on any atom is -0.495 e. The highest BCUT2D eigenvalue weighted by Crippen LogP contribution is 2.29. The van der Waals surface area contributed by atoms with E-state index in [1.807, 2.05) is 28.7 Å². The summed E-state index contributed by atoms with van der Waals surface area (Å²) in [5.74, 6) is 0.253. The number of aromatic amines is 1. The average molecular weight is 435 g/mol. The topological polar surface area (TPSA) is 29.9 Å². The summed E-state index contributed by atoms with van der Waals surface area (Å²) in [5, 5.41) is 0.508. The molecule has 0 bridgehead atoms. The first-order valence-electron chi connectivity index (χ1n) is 5.95. The van der Waals surface area contributed by atoms with Crippen molar-refractivity contribution >= 4 is 57.4 Å². The lowest BCUT2D eigenvalue weighted by Gasteiger charge is -2.08. The van der Waals surface area contributed by atoms with E-state index >= 15 is 0 Å². The quantitative estimate of drug-likeness (QED) is 0.450. The van der Waals surface area contributed by atoms with Crippen molar-refractivity contribution in [2.24, 2.45) is 0 Å². The third-order valence-corrected chi connectivity index (χ3v) is 4.54. The Morgan fingerprint density at radius 2 is 2.10 bits per heavy atom. The van der Waals surface area contributed by atoms with Crippen molar-refractivity contribution in [3.05, 3.63) is 49.5 Å². The monoisotopic (exact) mass is 434 g/mol. The van der Waals surface area contributed by atoms with Crippen molar-refractivity contribution in [3.8, 4) is 11.4 Å². The van der Waals surface area contributed by atoms with Crippen LogP contribution in [0.3, 0.4) is 0 Å². The Balaban J connectivity index is 2.32. The minimum absolute atomic E-state index is 0.285. The van der Waals surface area contributed by atoms with Gasteiger partial charge in [0.15, 0.2) is 4.77 Å². The Bertz CT molecular complexity index is 906. The second-order valence-electron chi connectivity index (χ2n) is 4.37. The zero-order chi connectivity index (χ0) is 15.1. The molecule has 0 aliphatic heterocycles. The highest BCUT2D eigenvalue weighted by Gasteiger charge is 2.12. The Kier molecular flexibility index (Phi) is 3.94. The summed E-state index contributed by atoms with van der Waals surface area (Å²) in [6, 6.07) is 8.49. The molecular weight excluding hydrogens is 426 g/mol. The van der Waals surface area contributed by atoms with E-state index in [1.54, 1.807) is 29.9 Å². The van der Waals surface area contributed by atoms with Gasteiger partial charge in [-0.15, -0.1) is 0 Å². The number of halogens is 3. The molecule has 0 unspecified atom stereocenters. The van der Waals surface area contributed by atoms with E-state index in [1.165, 1.54) is 6.07 Å². The van der Waals surface area contributed by atoms with Crippen LogP contribution in [0.5, 0.6) is 5.75 Å². The van der Waals surface area contributed by atoms with Gasteiger partial charge in [-0.1, -0.05) is 11.6 Å². The van der Waals surface area contributed by atoms with Crippen LogP contribution in [0.2, 0.25) is 5.02 Å². The fourth-order valence-electron chi connectivity index (χ4n) is 2.15. The molecule has 3 rings (SSSR count). The van der Waals surface area contributed by atoms with Gasteiger partial charge in [-0.25, -0.2) is 4.39 Å². The first-order chi connectivity index (χ1) is 10.0. The largest absolute Gasteiger partial charge is 0.495 e. The lowest BCUT2D eigenvalue weighted by Crippen LogP contribution is -1.96. The van der Waals surface area contributed by atoms with Gasteiger partial charge in [-0.2, -0.15) is 0 Å². The highest BCUT2D eigenvalue weighted by atomic mass is 127. The standard InChI is InChI=1S/C14H9ClFIN2OS/c1-20-13-4-7(2-3-8(13)15)19-12-5-9(16)10(17)6-11(12)18-14(19)21/h2-6H,1H3,(H,18,21). The molecule has 1 N–H and O–H groups in total. The Labute approximate surface area is 143 Å². The fraction of sp³-hybridized carbons (Fsp3) is 0.0714. The molecule has 0 fully saturated rings. The molecule has 0 aliphatic rings. The maximum atomic E-state index is 13.8. The van der Waals surface area contributed by atoms with Gasteiger partial charge in [-0.3, -0.25) is 4.57 Å². The van der Waals surface area contributed by atoms with Crippen LogP contribution in [-0.2, 0) is 0 Å². The normalized spacial score (nSPS) is 11.0. The SMILES string of the molecule is COc1cc(-n2c(=S)[nH]c3cc(I)c(F)cc32)ccc1Cl. The molecule has 0 saturated carbocycles. The predicted octanol–water partition coefficient (Wildman–Crippen LogP) is 5.09. The number of imidazole rings is 1. The highest BCUT2D eigenvalue weighted by molar-refractivity contribution is 14.1. The smallest absolute Gasteiger partial charge is 0.182 e. The number of hydrogen-bond donors (Lipinski definition) is 1. The van der Waals surface area contributed by atoms with Crippen molar-refractivity contribution in [1.29, 1.82) is 0 Å². The molecule has 0 aliphatic carbocycles. The summed E-state index contributed by atoms with van der Waals surface area (Å²) in [5.41, 5.74) is 2.20. The lowest BCUT2D eigenvalue weighted by molar-refractivity contribution is 0.415. The second-order valence-corrected chi connectivity index (χ2v) is 6.32. The number of nitrogens with one attached hydrogen (secondary N) is 1. The fourth-order valence-corrected chi connectivity index (χ4v) is 3.12.